The second kappa shape index (κ2) is 10.9. The first-order valence-corrected chi connectivity index (χ1v) is 10.2. The number of nitrogens with one attached hydrogen (secondary N) is 1. The molecule has 156 valence electrons. The van der Waals surface area contributed by atoms with Gasteiger partial charge < -0.3 is 15.0 Å². The van der Waals surface area contributed by atoms with Crippen LogP contribution in [-0.2, 0) is 22.6 Å². The molecule has 0 aliphatic heterocycles. The lowest BCUT2D eigenvalue weighted by atomic mass is 10.1. The third-order valence-corrected chi connectivity index (χ3v) is 5.00. The first-order valence-electron chi connectivity index (χ1n) is 9.81. The molecule has 0 saturated carbocycles. The van der Waals surface area contributed by atoms with Crippen LogP contribution in [0.2, 0.25) is 5.02 Å². The van der Waals surface area contributed by atoms with Gasteiger partial charge in [0.15, 0.2) is 0 Å². The Morgan fingerprint density at radius 2 is 1.76 bits per heavy atom. The monoisotopic (exact) mass is 416 g/mol. The van der Waals surface area contributed by atoms with Gasteiger partial charge in [0, 0.05) is 17.6 Å². The average Bonchev–Trinajstić information content (AvgIpc) is 2.69. The van der Waals surface area contributed by atoms with Crippen LogP contribution in [0, 0.1) is 0 Å². The van der Waals surface area contributed by atoms with Crippen LogP contribution in [-0.4, -0.2) is 35.9 Å². The van der Waals surface area contributed by atoms with Gasteiger partial charge in [0.05, 0.1) is 13.5 Å². The zero-order valence-corrected chi connectivity index (χ0v) is 18.2. The fourth-order valence-corrected chi connectivity index (χ4v) is 3.33. The Hall–Kier alpha value is -2.53. The molecule has 5 nitrogen and oxygen atoms in total. The van der Waals surface area contributed by atoms with Gasteiger partial charge in [0.25, 0.3) is 0 Å². The minimum absolute atomic E-state index is 0.00426. The minimum Gasteiger partial charge on any atom is -0.497 e. The summed E-state index contributed by atoms with van der Waals surface area (Å²) in [6.07, 6.45) is 0.706. The summed E-state index contributed by atoms with van der Waals surface area (Å²) in [6.45, 7) is 5.99. The highest BCUT2D eigenvalue weighted by molar-refractivity contribution is 6.31. The Balaban J connectivity index is 2.29. The molecule has 0 radical (unpaired) electrons. The molecular weight excluding hydrogens is 388 g/mol. The molecule has 0 heterocycles. The Bertz CT molecular complexity index is 821. The van der Waals surface area contributed by atoms with Gasteiger partial charge in [-0.15, -0.1) is 0 Å². The molecule has 0 aliphatic carbocycles. The van der Waals surface area contributed by atoms with Gasteiger partial charge >= 0.3 is 0 Å². The van der Waals surface area contributed by atoms with Crippen LogP contribution in [0.25, 0.3) is 0 Å². The fraction of sp³-hybridized carbons (Fsp3) is 0.391. The molecule has 2 aromatic carbocycles. The van der Waals surface area contributed by atoms with Crippen LogP contribution in [0.5, 0.6) is 5.75 Å². The molecule has 2 amide bonds. The van der Waals surface area contributed by atoms with Crippen molar-refractivity contribution in [2.45, 2.75) is 52.2 Å². The van der Waals surface area contributed by atoms with Crippen molar-refractivity contribution >= 4 is 23.4 Å². The number of ether oxygens (including phenoxy) is 1. The molecule has 0 aromatic heterocycles. The van der Waals surface area contributed by atoms with Crippen molar-refractivity contribution in [3.63, 3.8) is 0 Å². The summed E-state index contributed by atoms with van der Waals surface area (Å²) in [5, 5.41) is 3.50. The molecule has 0 bridgehead atoms. The van der Waals surface area contributed by atoms with E-state index < -0.39 is 6.04 Å². The molecule has 2 aromatic rings. The first kappa shape index (κ1) is 22.8. The molecule has 29 heavy (non-hydrogen) atoms. The highest BCUT2D eigenvalue weighted by atomic mass is 35.5. The summed E-state index contributed by atoms with van der Waals surface area (Å²) in [5.74, 6) is 0.454. The molecule has 0 unspecified atom stereocenters. The van der Waals surface area contributed by atoms with E-state index in [0.717, 1.165) is 16.9 Å². The lowest BCUT2D eigenvalue weighted by molar-refractivity contribution is -0.141. The van der Waals surface area contributed by atoms with Crippen molar-refractivity contribution in [3.05, 3.63) is 64.7 Å². The van der Waals surface area contributed by atoms with E-state index in [4.69, 9.17) is 16.3 Å². The Kier molecular flexibility index (Phi) is 8.52. The van der Waals surface area contributed by atoms with Gasteiger partial charge in [-0.25, -0.2) is 0 Å². The average molecular weight is 417 g/mol. The number of benzene rings is 2. The summed E-state index contributed by atoms with van der Waals surface area (Å²) >= 11 is 6.33. The standard InChI is InChI=1S/C23H29ClN2O3/c1-5-21(23(28)25-16(2)3)26(15-18-8-6-7-9-20(18)24)22(27)14-17-10-12-19(29-4)13-11-17/h6-13,16,21H,5,14-15H2,1-4H3,(H,25,28)/t21-/m1/s1. The number of methoxy groups -OCH3 is 1. The van der Waals surface area contributed by atoms with Gasteiger partial charge in [-0.1, -0.05) is 48.9 Å². The summed E-state index contributed by atoms with van der Waals surface area (Å²) in [6, 6.07) is 14.2. The van der Waals surface area contributed by atoms with Crippen molar-refractivity contribution in [1.82, 2.24) is 10.2 Å². The predicted octanol–water partition coefficient (Wildman–Crippen LogP) is 4.22. The van der Waals surface area contributed by atoms with E-state index >= 15 is 0 Å². The maximum absolute atomic E-state index is 13.2. The molecule has 1 N–H and O–H groups in total. The second-order valence-corrected chi connectivity index (χ2v) is 7.63. The first-order chi connectivity index (χ1) is 13.8. The zero-order chi connectivity index (χ0) is 21.4. The molecule has 0 fully saturated rings. The second-order valence-electron chi connectivity index (χ2n) is 7.23. The lowest BCUT2D eigenvalue weighted by Crippen LogP contribution is -2.50. The molecule has 0 spiro atoms. The summed E-state index contributed by atoms with van der Waals surface area (Å²) in [5.41, 5.74) is 1.67. The largest absolute Gasteiger partial charge is 0.497 e. The molecule has 1 atom stereocenters. The number of halogens is 1. The quantitative estimate of drug-likeness (QED) is 0.665. The van der Waals surface area contributed by atoms with Gasteiger partial charge in [-0.2, -0.15) is 0 Å². The Morgan fingerprint density at radius 3 is 2.31 bits per heavy atom. The van der Waals surface area contributed by atoms with E-state index in [-0.39, 0.29) is 30.8 Å². The molecule has 2 rings (SSSR count). The van der Waals surface area contributed by atoms with E-state index in [9.17, 15) is 9.59 Å². The van der Waals surface area contributed by atoms with Crippen LogP contribution in [0.3, 0.4) is 0 Å². The number of carbonyl (C=O) groups excluding carboxylic acids is 2. The van der Waals surface area contributed by atoms with Crippen LogP contribution >= 0.6 is 11.6 Å². The number of hydrogen-bond acceptors (Lipinski definition) is 3. The number of nitrogens with zero attached hydrogens (tertiary/aromatic N) is 1. The van der Waals surface area contributed by atoms with Crippen LogP contribution < -0.4 is 10.1 Å². The van der Waals surface area contributed by atoms with Crippen LogP contribution in [0.4, 0.5) is 0 Å². The smallest absolute Gasteiger partial charge is 0.243 e. The SMILES string of the molecule is CC[C@H](C(=O)NC(C)C)N(Cc1ccccc1Cl)C(=O)Cc1ccc(OC)cc1. The van der Waals surface area contributed by atoms with Crippen molar-refractivity contribution in [1.29, 1.82) is 0 Å². The summed E-state index contributed by atoms with van der Waals surface area (Å²) in [4.78, 5) is 27.7. The van der Waals surface area contributed by atoms with E-state index in [1.807, 2.05) is 63.2 Å². The Labute approximate surface area is 178 Å². The highest BCUT2D eigenvalue weighted by Gasteiger charge is 2.29. The third kappa shape index (κ3) is 6.50. The summed E-state index contributed by atoms with van der Waals surface area (Å²) < 4.78 is 5.17. The molecule has 0 saturated heterocycles. The van der Waals surface area contributed by atoms with Gasteiger partial charge in [0.2, 0.25) is 11.8 Å². The number of carbonyl (C=O) groups is 2. The van der Waals surface area contributed by atoms with Crippen molar-refractivity contribution in [3.8, 4) is 5.75 Å². The predicted molar refractivity (Wildman–Crippen MR) is 116 cm³/mol. The highest BCUT2D eigenvalue weighted by Crippen LogP contribution is 2.21. The van der Waals surface area contributed by atoms with Crippen molar-refractivity contribution < 1.29 is 14.3 Å². The number of rotatable bonds is 9. The lowest BCUT2D eigenvalue weighted by Gasteiger charge is -2.31. The van der Waals surface area contributed by atoms with Gasteiger partial charge in [0.1, 0.15) is 11.8 Å². The van der Waals surface area contributed by atoms with Crippen molar-refractivity contribution in [2.24, 2.45) is 0 Å². The van der Waals surface area contributed by atoms with Gasteiger partial charge in [-0.3, -0.25) is 9.59 Å². The number of amides is 2. The Morgan fingerprint density at radius 1 is 1.10 bits per heavy atom. The van der Waals surface area contributed by atoms with Crippen LogP contribution in [0.1, 0.15) is 38.3 Å². The van der Waals surface area contributed by atoms with E-state index in [2.05, 4.69) is 5.32 Å². The van der Waals surface area contributed by atoms with E-state index in [1.165, 1.54) is 0 Å². The normalized spacial score (nSPS) is 11.8. The minimum atomic E-state index is -0.570. The molecule has 0 aliphatic rings. The fourth-order valence-electron chi connectivity index (χ4n) is 3.13. The molecule has 6 heteroatoms. The maximum atomic E-state index is 13.2. The summed E-state index contributed by atoms with van der Waals surface area (Å²) in [7, 11) is 1.60. The van der Waals surface area contributed by atoms with Crippen LogP contribution in [0.15, 0.2) is 48.5 Å². The molecular formula is C23H29ClN2O3. The topological polar surface area (TPSA) is 58.6 Å². The maximum Gasteiger partial charge on any atom is 0.243 e. The van der Waals surface area contributed by atoms with Crippen molar-refractivity contribution in [2.75, 3.05) is 7.11 Å². The van der Waals surface area contributed by atoms with E-state index in [0.29, 0.717) is 11.4 Å². The third-order valence-electron chi connectivity index (χ3n) is 4.63. The zero-order valence-electron chi connectivity index (χ0n) is 17.4. The van der Waals surface area contributed by atoms with E-state index in [1.54, 1.807) is 18.1 Å². The van der Waals surface area contributed by atoms with Gasteiger partial charge in [-0.05, 0) is 49.6 Å². The number of hydrogen-bond donors (Lipinski definition) is 1.